The Morgan fingerprint density at radius 2 is 1.38 bits per heavy atom. The Morgan fingerprint density at radius 1 is 0.714 bits per heavy atom. The van der Waals surface area contributed by atoms with Crippen molar-refractivity contribution in [1.29, 1.82) is 0 Å². The van der Waals surface area contributed by atoms with E-state index in [0.717, 1.165) is 95.7 Å². The van der Waals surface area contributed by atoms with E-state index >= 15 is 0 Å². The molecule has 0 atom stereocenters. The van der Waals surface area contributed by atoms with E-state index in [2.05, 4.69) is 176 Å². The van der Waals surface area contributed by atoms with Gasteiger partial charge in [-0.2, -0.15) is 0 Å². The van der Waals surface area contributed by atoms with Crippen LogP contribution in [0, 0.1) is 31.9 Å². The number of furan rings is 1. The van der Waals surface area contributed by atoms with Crippen molar-refractivity contribution >= 4 is 50.8 Å². The van der Waals surface area contributed by atoms with Gasteiger partial charge < -0.3 is 8.98 Å². The molecule has 0 unspecified atom stereocenters. The zero-order chi connectivity index (χ0) is 43.0. The van der Waals surface area contributed by atoms with Crippen LogP contribution in [-0.4, -0.2) is 32.8 Å². The normalized spacial score (nSPS) is 11.5. The number of hydrogen-bond acceptors (Lipinski definition) is 4. The summed E-state index contributed by atoms with van der Waals surface area (Å²) in [5, 5.41) is 2.05. The van der Waals surface area contributed by atoms with Gasteiger partial charge in [0.15, 0.2) is 0 Å². The predicted octanol–water partition coefficient (Wildman–Crippen LogP) is 14.0. The van der Waals surface area contributed by atoms with E-state index in [-0.39, 0.29) is 20.1 Å². The molecular formula is C56H50GeIrN4O-2. The van der Waals surface area contributed by atoms with Crippen LogP contribution in [0.3, 0.4) is 0 Å². The Kier molecular flexibility index (Phi) is 12.8. The molecule has 0 saturated carbocycles. The topological polar surface area (TPSA) is 56.7 Å². The van der Waals surface area contributed by atoms with Crippen molar-refractivity contribution in [3.8, 4) is 50.6 Å². The number of benzene rings is 6. The average Bonchev–Trinajstić information content (AvgIpc) is 3.86. The summed E-state index contributed by atoms with van der Waals surface area (Å²) in [5.41, 5.74) is 15.3. The van der Waals surface area contributed by atoms with Crippen molar-refractivity contribution in [3.63, 3.8) is 0 Å². The van der Waals surface area contributed by atoms with Crippen molar-refractivity contribution in [1.82, 2.24) is 19.5 Å². The van der Waals surface area contributed by atoms with Crippen molar-refractivity contribution in [2.75, 3.05) is 0 Å². The predicted molar refractivity (Wildman–Crippen MR) is 261 cm³/mol. The number of pyridine rings is 2. The van der Waals surface area contributed by atoms with Crippen LogP contribution in [0.5, 0.6) is 0 Å². The monoisotopic (exact) mass is 1060 g/mol. The third kappa shape index (κ3) is 8.86. The summed E-state index contributed by atoms with van der Waals surface area (Å²) in [4.78, 5) is 14.7. The van der Waals surface area contributed by atoms with Gasteiger partial charge in [0.05, 0.1) is 28.1 Å². The zero-order valence-electron chi connectivity index (χ0n) is 36.8. The van der Waals surface area contributed by atoms with Crippen molar-refractivity contribution in [3.05, 3.63) is 187 Å². The molecular weight excluding hydrogens is 1010 g/mol. The number of aryl methyl sites for hydroxylation is 2. The van der Waals surface area contributed by atoms with Crippen LogP contribution >= 0.6 is 0 Å². The van der Waals surface area contributed by atoms with Crippen molar-refractivity contribution in [2.45, 2.75) is 51.4 Å². The first-order valence-electron chi connectivity index (χ1n) is 21.4. The van der Waals surface area contributed by atoms with Gasteiger partial charge in [-0.25, -0.2) is 4.98 Å². The molecule has 4 aromatic heterocycles. The number of fused-ring (bicyclic) bond motifs is 4. The molecule has 0 aliphatic heterocycles. The van der Waals surface area contributed by atoms with E-state index in [9.17, 15) is 0 Å². The summed E-state index contributed by atoms with van der Waals surface area (Å²) in [7, 11) is 0. The molecule has 0 aliphatic rings. The van der Waals surface area contributed by atoms with Crippen LogP contribution in [0.2, 0.25) is 17.3 Å². The number of para-hydroxylation sites is 3. The summed E-state index contributed by atoms with van der Waals surface area (Å²) < 4.78 is 10.3. The van der Waals surface area contributed by atoms with E-state index in [1.807, 2.05) is 43.3 Å². The molecule has 0 aliphatic carbocycles. The number of aromatic nitrogens is 4. The first-order chi connectivity index (χ1) is 30.0. The van der Waals surface area contributed by atoms with Gasteiger partial charge in [0.1, 0.15) is 0 Å². The number of nitrogens with zero attached hydrogens (tertiary/aromatic N) is 4. The molecule has 5 nitrogen and oxygen atoms in total. The molecule has 315 valence electrons. The Hall–Kier alpha value is -5.92. The first-order valence-corrected chi connectivity index (χ1v) is 28.8. The Balaban J connectivity index is 0.000000219. The molecule has 0 saturated heterocycles. The molecule has 6 aromatic carbocycles. The van der Waals surface area contributed by atoms with Crippen LogP contribution < -0.4 is 4.40 Å². The van der Waals surface area contributed by atoms with Crippen LogP contribution in [-0.2, 0) is 26.5 Å². The van der Waals surface area contributed by atoms with Gasteiger partial charge in [0, 0.05) is 42.3 Å². The van der Waals surface area contributed by atoms with E-state index in [0.29, 0.717) is 11.6 Å². The molecule has 0 N–H and O–H groups in total. The quantitative estimate of drug-likeness (QED) is 0.112. The summed E-state index contributed by atoms with van der Waals surface area (Å²) in [6, 6.07) is 59.3. The SMILES string of the molecule is CC(C)Cc1cc(-c2[c-]cccc2)nc[c]1[Ge]([CH3])([CH3])[CH3].Cc1ccc2c(n1)oc1c(-c3nc4ccccc4n3-c3c(-c4ccccc4)cccc3-c3ccccc3)[c-]cc(C)c12.[Ir]. The van der Waals surface area contributed by atoms with E-state index < -0.39 is 13.3 Å². The number of imidazole rings is 1. The Bertz CT molecular complexity index is 3130. The third-order valence-electron chi connectivity index (χ3n) is 11.4. The molecule has 10 aromatic rings. The Morgan fingerprint density at radius 3 is 2.03 bits per heavy atom. The minimum atomic E-state index is -1.86. The maximum absolute atomic E-state index is 6.52. The number of hydrogen-bond donors (Lipinski definition) is 0. The maximum Gasteiger partial charge on any atom is 0.216 e. The van der Waals surface area contributed by atoms with Gasteiger partial charge in [-0.3, -0.25) is 4.98 Å². The fraction of sp³-hybridized carbons (Fsp3) is 0.161. The summed E-state index contributed by atoms with van der Waals surface area (Å²) in [5.74, 6) is 8.77. The molecule has 7 heteroatoms. The first kappa shape index (κ1) is 43.7. The molecule has 0 fully saturated rings. The van der Waals surface area contributed by atoms with Gasteiger partial charge in [-0.1, -0.05) is 109 Å². The standard InChI is InChI=1S/C38H26N3O.C18H24GeN.Ir/c1-24-20-22-31(36-34(24)30-23-21-25(2)39-38(30)42-36)37-40-32-18-9-10-19-33(32)41(37)35-28(26-12-5-3-6-13-26)16-11-17-29(35)27-14-7-4-8-15-27;1-14(2)11-16-12-18(15-9-7-6-8-10-15)20-13-17(16)19(3,4)5;/h3-21,23H,1-2H3;6-9,12-14H,11H2,1-5H3;/q2*-1;. The summed E-state index contributed by atoms with van der Waals surface area (Å²) in [6.07, 6.45) is 3.27. The molecule has 4 heterocycles. The Labute approximate surface area is 387 Å². The van der Waals surface area contributed by atoms with Gasteiger partial charge in [-0.15, -0.1) is 17.7 Å². The van der Waals surface area contributed by atoms with Crippen molar-refractivity contribution in [2.24, 2.45) is 5.92 Å². The van der Waals surface area contributed by atoms with E-state index in [1.54, 1.807) is 4.40 Å². The fourth-order valence-electron chi connectivity index (χ4n) is 8.51. The molecule has 0 amide bonds. The van der Waals surface area contributed by atoms with Crippen LogP contribution in [0.4, 0.5) is 0 Å². The average molecular weight is 1060 g/mol. The minimum absolute atomic E-state index is 0. The number of rotatable bonds is 8. The molecule has 0 bridgehead atoms. The second kappa shape index (κ2) is 18.4. The van der Waals surface area contributed by atoms with Crippen LogP contribution in [0.15, 0.2) is 162 Å². The largest absolute Gasteiger partial charge is 0.486 e. The molecule has 63 heavy (non-hydrogen) atoms. The van der Waals surface area contributed by atoms with Crippen LogP contribution in [0.25, 0.3) is 83.7 Å². The summed E-state index contributed by atoms with van der Waals surface area (Å²) in [6.45, 7) is 8.65. The maximum atomic E-state index is 6.52. The fourth-order valence-corrected chi connectivity index (χ4v) is 11.8. The van der Waals surface area contributed by atoms with Gasteiger partial charge in [0.25, 0.3) is 0 Å². The second-order valence-corrected chi connectivity index (χ2v) is 28.1. The molecule has 0 spiro atoms. The van der Waals surface area contributed by atoms with Gasteiger partial charge in [0.2, 0.25) is 5.71 Å². The molecule has 1 radical (unpaired) electrons. The van der Waals surface area contributed by atoms with Crippen molar-refractivity contribution < 1.29 is 24.5 Å². The zero-order valence-corrected chi connectivity index (χ0v) is 41.3. The smallest absolute Gasteiger partial charge is 0.216 e. The second-order valence-electron chi connectivity index (χ2n) is 17.5. The van der Waals surface area contributed by atoms with E-state index in [4.69, 9.17) is 19.4 Å². The van der Waals surface area contributed by atoms with E-state index in [1.165, 1.54) is 5.56 Å². The summed E-state index contributed by atoms with van der Waals surface area (Å²) >= 11 is -1.86. The van der Waals surface area contributed by atoms with Gasteiger partial charge in [-0.05, 0) is 42.3 Å². The third-order valence-corrected chi connectivity index (χ3v) is 15.7. The van der Waals surface area contributed by atoms with Gasteiger partial charge >= 0.3 is 126 Å². The molecule has 10 rings (SSSR count). The van der Waals surface area contributed by atoms with Crippen LogP contribution in [0.1, 0.15) is 30.7 Å². The minimum Gasteiger partial charge on any atom is -0.486 e.